The zero-order valence-corrected chi connectivity index (χ0v) is 8.23. The molecule has 0 aromatic heterocycles. The van der Waals surface area contributed by atoms with Crippen LogP contribution in [0.1, 0.15) is 49.0 Å². The van der Waals surface area contributed by atoms with Gasteiger partial charge in [0.1, 0.15) is 0 Å². The molecule has 13 heavy (non-hydrogen) atoms. The predicted molar refractivity (Wildman–Crippen MR) is 71.7 cm³/mol. The first kappa shape index (κ1) is 29.3. The quantitative estimate of drug-likeness (QED) is 0.439. The molecule has 2 heteroatoms. The van der Waals surface area contributed by atoms with Gasteiger partial charge in [-0.2, -0.15) is 0 Å². The molecular formula is C11H32OSi. The maximum atomic E-state index is 5.34. The minimum atomic E-state index is 0. The number of hydrogen-bond donors (Lipinski definition) is 0. The van der Waals surface area contributed by atoms with E-state index in [0.29, 0.717) is 5.73 Å². The summed E-state index contributed by atoms with van der Waals surface area (Å²) in [6.45, 7) is 7.02. The van der Waals surface area contributed by atoms with Gasteiger partial charge in [0.05, 0.1) is 0 Å². The van der Waals surface area contributed by atoms with E-state index in [0.717, 1.165) is 6.61 Å². The van der Waals surface area contributed by atoms with E-state index in [1.165, 1.54) is 29.5 Å². The average molecular weight is 208 g/mol. The van der Waals surface area contributed by atoms with Gasteiger partial charge >= 0.3 is 0 Å². The third kappa shape index (κ3) is 18.7. The number of ether oxygens (including phenoxy) is 1. The maximum absolute atomic E-state index is 5.34. The molecule has 0 saturated carbocycles. The first-order chi connectivity index (χ1) is 4.39. The van der Waals surface area contributed by atoms with Crippen molar-refractivity contribution in [1.82, 2.24) is 0 Å². The molecule has 0 spiro atoms. The van der Waals surface area contributed by atoms with Gasteiger partial charge < -0.3 is 4.74 Å². The average Bonchev–Trinajstić information content (AvgIpc) is 1.94. The summed E-state index contributed by atoms with van der Waals surface area (Å²) in [5.41, 5.74) is 0.675. The molecule has 0 bridgehead atoms. The Kier molecular flexibility index (Phi) is 51.0. The summed E-state index contributed by atoms with van der Waals surface area (Å²) in [4.78, 5) is 0. The van der Waals surface area contributed by atoms with E-state index in [1.54, 1.807) is 0 Å². The summed E-state index contributed by atoms with van der Waals surface area (Å²) in [6.07, 6.45) is 4.01. The summed E-state index contributed by atoms with van der Waals surface area (Å²) >= 11 is 0. The fraction of sp³-hybridized carbons (Fsp3) is 0.818. The van der Waals surface area contributed by atoms with E-state index in [1.807, 2.05) is 0 Å². The Bertz CT molecular complexity index is 61.1. The number of rotatable bonds is 0. The summed E-state index contributed by atoms with van der Waals surface area (Å²) in [5.74, 6) is 0. The van der Waals surface area contributed by atoms with Crippen molar-refractivity contribution in [2.24, 2.45) is 0 Å². The summed E-state index contributed by atoms with van der Waals surface area (Å²) in [6, 6.07) is 0. The van der Waals surface area contributed by atoms with Gasteiger partial charge in [0.15, 0.2) is 0 Å². The van der Waals surface area contributed by atoms with Crippen LogP contribution in [0, 0.1) is 0 Å². The highest BCUT2D eigenvalue weighted by molar-refractivity contribution is 6.10. The van der Waals surface area contributed by atoms with Crippen LogP contribution in [0.15, 0.2) is 13.2 Å². The molecule has 1 rings (SSSR count). The third-order valence-electron chi connectivity index (χ3n) is 1.41. The Balaban J connectivity index is -0.0000000335. The Morgan fingerprint density at radius 3 is 1.62 bits per heavy atom. The van der Waals surface area contributed by atoms with E-state index in [2.05, 4.69) is 13.2 Å². The van der Waals surface area contributed by atoms with Crippen LogP contribution in [-0.2, 0) is 4.74 Å². The lowest BCUT2D eigenvalue weighted by Crippen LogP contribution is -2.18. The Morgan fingerprint density at radius 2 is 1.46 bits per heavy atom. The highest BCUT2D eigenvalue weighted by atomic mass is 28.1. The van der Waals surface area contributed by atoms with Crippen molar-refractivity contribution in [2.45, 2.75) is 54.7 Å². The van der Waals surface area contributed by atoms with Crippen LogP contribution in [-0.4, -0.2) is 22.6 Å². The van der Waals surface area contributed by atoms with Gasteiger partial charge in [0.2, 0.25) is 0 Å². The molecule has 1 heterocycles. The lowest BCUT2D eigenvalue weighted by Gasteiger charge is -2.17. The van der Waals surface area contributed by atoms with Crippen LogP contribution in [0.4, 0.5) is 0 Å². The molecule has 1 saturated heterocycles. The molecule has 0 N–H and O–H groups in total. The largest absolute Gasteiger partial charge is 0.383 e. The van der Waals surface area contributed by atoms with Gasteiger partial charge in [-0.1, -0.05) is 29.7 Å². The molecule has 1 aliphatic rings. The zero-order chi connectivity index (χ0) is 7.11. The van der Waals surface area contributed by atoms with Crippen molar-refractivity contribution in [2.75, 3.05) is 6.61 Å². The molecule has 1 aliphatic heterocycles. The van der Waals surface area contributed by atoms with Crippen molar-refractivity contribution in [3.05, 3.63) is 13.2 Å². The van der Waals surface area contributed by atoms with Crippen LogP contribution in [0.2, 0.25) is 0 Å². The minimum absolute atomic E-state index is 0. The molecular weight excluding hydrogens is 176 g/mol. The van der Waals surface area contributed by atoms with Crippen LogP contribution < -0.4 is 0 Å². The predicted octanol–water partition coefficient (Wildman–Crippen LogP) is 3.23. The molecule has 0 aliphatic carbocycles. The van der Waals surface area contributed by atoms with Crippen molar-refractivity contribution >= 4 is 10.2 Å². The molecule has 0 aromatic rings. The molecule has 1 nitrogen and oxygen atoms in total. The fourth-order valence-corrected chi connectivity index (χ4v) is 1.55. The molecule has 0 aromatic carbocycles. The molecule has 1 atom stereocenters. The van der Waals surface area contributed by atoms with Crippen molar-refractivity contribution < 1.29 is 4.74 Å². The van der Waals surface area contributed by atoms with Gasteiger partial charge in [0.25, 0.3) is 0 Å². The Hall–Kier alpha value is -0.0831. The van der Waals surface area contributed by atoms with Crippen LogP contribution in [0.25, 0.3) is 0 Å². The second-order valence-corrected chi connectivity index (χ2v) is 3.47. The van der Waals surface area contributed by atoms with Crippen molar-refractivity contribution in [3.63, 3.8) is 0 Å². The van der Waals surface area contributed by atoms with Crippen LogP contribution in [0.3, 0.4) is 0 Å². The van der Waals surface area contributed by atoms with Gasteiger partial charge in [-0.3, -0.25) is 0 Å². The first-order valence-electron chi connectivity index (χ1n) is 3.51. The topological polar surface area (TPSA) is 9.23 Å². The van der Waals surface area contributed by atoms with E-state index >= 15 is 0 Å². The SMILES string of the molecule is C.C.C.C.C=C.[SiH3]C1CCCCO1. The van der Waals surface area contributed by atoms with E-state index in [4.69, 9.17) is 4.74 Å². The molecule has 1 fully saturated rings. The van der Waals surface area contributed by atoms with Crippen LogP contribution in [0.5, 0.6) is 0 Å². The smallest absolute Gasteiger partial charge is 0.0465 e. The highest BCUT2D eigenvalue weighted by Gasteiger charge is 2.05. The van der Waals surface area contributed by atoms with Crippen LogP contribution >= 0.6 is 0 Å². The summed E-state index contributed by atoms with van der Waals surface area (Å²) in [7, 11) is 1.23. The molecule has 86 valence electrons. The van der Waals surface area contributed by atoms with Gasteiger partial charge in [-0.15, -0.1) is 13.2 Å². The second kappa shape index (κ2) is 22.7. The molecule has 0 radical (unpaired) electrons. The van der Waals surface area contributed by atoms with E-state index in [9.17, 15) is 0 Å². The van der Waals surface area contributed by atoms with E-state index < -0.39 is 0 Å². The fourth-order valence-electron chi connectivity index (χ4n) is 0.902. The zero-order valence-electron chi connectivity index (χ0n) is 6.23. The van der Waals surface area contributed by atoms with Gasteiger partial charge in [-0.25, -0.2) is 0 Å². The summed E-state index contributed by atoms with van der Waals surface area (Å²) in [5, 5.41) is 0. The lowest BCUT2D eigenvalue weighted by molar-refractivity contribution is 0.0675. The molecule has 0 amide bonds. The Labute approximate surface area is 90.0 Å². The van der Waals surface area contributed by atoms with E-state index in [-0.39, 0.29) is 29.7 Å². The lowest BCUT2D eigenvalue weighted by atomic mass is 10.2. The maximum Gasteiger partial charge on any atom is 0.0465 e. The molecule has 1 unspecified atom stereocenters. The van der Waals surface area contributed by atoms with Gasteiger partial charge in [0, 0.05) is 22.6 Å². The van der Waals surface area contributed by atoms with Gasteiger partial charge in [-0.05, 0) is 19.3 Å². The third-order valence-corrected chi connectivity index (χ3v) is 2.32. The highest BCUT2D eigenvalue weighted by Crippen LogP contribution is 2.08. The standard InChI is InChI=1S/C5H12OSi.C2H4.4CH4/c7-5-3-1-2-4-6-5;1-2;;;;/h5H,1-4H2,7H3;1-2H2;4*1H4. The first-order valence-corrected chi connectivity index (χ1v) is 4.66. The van der Waals surface area contributed by atoms with Crippen molar-refractivity contribution in [3.8, 4) is 0 Å². The number of hydrogen-bond acceptors (Lipinski definition) is 1. The Morgan fingerprint density at radius 1 is 1.00 bits per heavy atom. The summed E-state index contributed by atoms with van der Waals surface area (Å²) < 4.78 is 5.34. The second-order valence-electron chi connectivity index (χ2n) is 2.18. The monoisotopic (exact) mass is 208 g/mol. The van der Waals surface area contributed by atoms with Crippen molar-refractivity contribution in [1.29, 1.82) is 0 Å². The minimum Gasteiger partial charge on any atom is -0.383 e. The normalized spacial score (nSPS) is 18.3.